The van der Waals surface area contributed by atoms with E-state index in [4.69, 9.17) is 17.0 Å². The molecular formula is C39H34Cl2Zr-2. The quantitative estimate of drug-likeness (QED) is 0.161. The van der Waals surface area contributed by atoms with Crippen molar-refractivity contribution in [2.45, 2.75) is 27.7 Å². The minimum absolute atomic E-state index is 1.15. The van der Waals surface area contributed by atoms with Crippen molar-refractivity contribution in [1.82, 2.24) is 0 Å². The molecule has 0 heterocycles. The van der Waals surface area contributed by atoms with E-state index in [-0.39, 0.29) is 0 Å². The zero-order chi connectivity index (χ0) is 29.6. The molecule has 0 saturated carbocycles. The van der Waals surface area contributed by atoms with Gasteiger partial charge in [0.2, 0.25) is 0 Å². The van der Waals surface area contributed by atoms with Gasteiger partial charge in [-0.05, 0) is 27.7 Å². The molecule has 0 saturated heterocycles. The van der Waals surface area contributed by atoms with Gasteiger partial charge in [-0.15, -0.1) is 68.7 Å². The molecule has 3 heteroatoms. The molecule has 0 aromatic heterocycles. The Morgan fingerprint density at radius 3 is 1.55 bits per heavy atom. The Kier molecular flexibility index (Phi) is 10.1. The summed E-state index contributed by atoms with van der Waals surface area (Å²) in [6.45, 7) is 8.59. The number of fused-ring (bicyclic) bond motifs is 4. The molecule has 7 aromatic carbocycles. The van der Waals surface area contributed by atoms with Gasteiger partial charge in [0.1, 0.15) is 0 Å². The Morgan fingerprint density at radius 1 is 0.548 bits per heavy atom. The summed E-state index contributed by atoms with van der Waals surface area (Å²) in [6.07, 6.45) is 0. The third-order valence-electron chi connectivity index (χ3n) is 7.58. The predicted molar refractivity (Wildman–Crippen MR) is 183 cm³/mol. The summed E-state index contributed by atoms with van der Waals surface area (Å²) >= 11 is -2.44. The van der Waals surface area contributed by atoms with E-state index < -0.39 is 18.9 Å². The van der Waals surface area contributed by atoms with Crippen molar-refractivity contribution in [2.75, 3.05) is 0 Å². The van der Waals surface area contributed by atoms with Gasteiger partial charge in [0.25, 0.3) is 0 Å². The van der Waals surface area contributed by atoms with Crippen LogP contribution < -0.4 is 0 Å². The zero-order valence-electron chi connectivity index (χ0n) is 24.5. The first kappa shape index (κ1) is 30.4. The molecule has 0 N–H and O–H groups in total. The van der Waals surface area contributed by atoms with Crippen molar-refractivity contribution in [2.24, 2.45) is 0 Å². The van der Waals surface area contributed by atoms with E-state index in [2.05, 4.69) is 125 Å². The number of aryl methyl sites for hydroxylation is 4. The van der Waals surface area contributed by atoms with E-state index in [1.54, 1.807) is 0 Å². The molecule has 7 aromatic rings. The van der Waals surface area contributed by atoms with Gasteiger partial charge in [-0.1, -0.05) is 46.5 Å². The summed E-state index contributed by atoms with van der Waals surface area (Å²) < 4.78 is 1.15. The van der Waals surface area contributed by atoms with Crippen LogP contribution in [-0.4, -0.2) is 3.21 Å². The average Bonchev–Trinajstić information content (AvgIpc) is 3.58. The molecule has 7 rings (SSSR count). The Balaban J connectivity index is 0.000000128. The first-order chi connectivity index (χ1) is 20.3. The number of benzene rings is 5. The molecular weight excluding hydrogens is 631 g/mol. The van der Waals surface area contributed by atoms with Crippen LogP contribution in [0, 0.1) is 27.7 Å². The Morgan fingerprint density at radius 2 is 1.05 bits per heavy atom. The molecule has 210 valence electrons. The molecule has 0 radical (unpaired) electrons. The normalized spacial score (nSPS) is 10.6. The topological polar surface area (TPSA) is 0 Å². The van der Waals surface area contributed by atoms with Gasteiger partial charge in [-0.2, -0.15) is 12.1 Å². The summed E-state index contributed by atoms with van der Waals surface area (Å²) in [5.74, 6) is 0. The molecule has 0 amide bonds. The second-order valence-corrected chi connectivity index (χ2v) is 18.9. The maximum absolute atomic E-state index is 6.24. The second kappa shape index (κ2) is 13.9. The van der Waals surface area contributed by atoms with Crippen LogP contribution in [0.4, 0.5) is 0 Å². The average molecular weight is 665 g/mol. The molecule has 0 aliphatic carbocycles. The van der Waals surface area contributed by atoms with Gasteiger partial charge in [0, 0.05) is 0 Å². The van der Waals surface area contributed by atoms with Crippen molar-refractivity contribution in [1.29, 1.82) is 0 Å². The van der Waals surface area contributed by atoms with Gasteiger partial charge in [0.15, 0.2) is 0 Å². The number of rotatable bonds is 2. The van der Waals surface area contributed by atoms with Crippen LogP contribution in [0.2, 0.25) is 0 Å². The maximum atomic E-state index is 6.24. The fourth-order valence-corrected chi connectivity index (χ4v) is 9.73. The predicted octanol–water partition coefficient (Wildman–Crippen LogP) is 11.7. The summed E-state index contributed by atoms with van der Waals surface area (Å²) in [5.41, 5.74) is 7.71. The van der Waals surface area contributed by atoms with Crippen molar-refractivity contribution in [3.8, 4) is 0 Å². The Hall–Kier alpha value is -3.09. The molecule has 0 fully saturated rings. The molecule has 0 unspecified atom stereocenters. The Labute approximate surface area is 264 Å². The van der Waals surface area contributed by atoms with Crippen LogP contribution in [0.15, 0.2) is 133 Å². The first-order valence-corrected chi connectivity index (χ1v) is 21.7. The summed E-state index contributed by atoms with van der Waals surface area (Å²) in [5, 5.41) is 8.17. The first-order valence-electron chi connectivity index (χ1n) is 14.2. The molecule has 0 nitrogen and oxygen atoms in total. The Bertz CT molecular complexity index is 1840. The molecule has 0 aliphatic rings. The fourth-order valence-electron chi connectivity index (χ4n) is 5.26. The van der Waals surface area contributed by atoms with E-state index in [0.29, 0.717) is 0 Å². The van der Waals surface area contributed by atoms with E-state index in [1.807, 2.05) is 36.4 Å². The van der Waals surface area contributed by atoms with Crippen LogP contribution >= 0.6 is 17.0 Å². The van der Waals surface area contributed by atoms with E-state index in [1.165, 1.54) is 54.6 Å². The third kappa shape index (κ3) is 7.27. The van der Waals surface area contributed by atoms with E-state index in [0.717, 1.165) is 14.3 Å². The van der Waals surface area contributed by atoms with Crippen LogP contribution in [0.3, 0.4) is 0 Å². The van der Waals surface area contributed by atoms with Crippen molar-refractivity contribution >= 4 is 52.5 Å². The van der Waals surface area contributed by atoms with Crippen LogP contribution in [0.25, 0.3) is 32.3 Å². The SMILES string of the molecule is Cc1cc2cc[cH-]c2cc1C.Cc1ccc2c(c1)[cH-]c1cc(C)ccc12.[Cl][Zr]([Cl])=[C](c1ccccc1)c1ccccc1. The van der Waals surface area contributed by atoms with Gasteiger partial charge >= 0.3 is 111 Å². The minimum atomic E-state index is -2.44. The van der Waals surface area contributed by atoms with Gasteiger partial charge in [-0.25, -0.2) is 0 Å². The second-order valence-electron chi connectivity index (χ2n) is 10.8. The van der Waals surface area contributed by atoms with Gasteiger partial charge in [-0.3, -0.25) is 0 Å². The number of halogens is 2. The molecule has 0 bridgehead atoms. The third-order valence-corrected chi connectivity index (χ3v) is 12.2. The molecule has 0 atom stereocenters. The van der Waals surface area contributed by atoms with E-state index >= 15 is 0 Å². The van der Waals surface area contributed by atoms with Crippen molar-refractivity contribution in [3.05, 3.63) is 167 Å². The summed E-state index contributed by atoms with van der Waals surface area (Å²) in [6, 6.07) is 46.8. The van der Waals surface area contributed by atoms with Crippen LogP contribution in [-0.2, 0) is 18.9 Å². The number of hydrogen-bond acceptors (Lipinski definition) is 0. The monoisotopic (exact) mass is 662 g/mol. The van der Waals surface area contributed by atoms with Crippen molar-refractivity contribution < 1.29 is 18.9 Å². The van der Waals surface area contributed by atoms with Crippen molar-refractivity contribution in [3.63, 3.8) is 0 Å². The fraction of sp³-hybridized carbons (Fsp3) is 0.103. The standard InChI is InChI=1S/C15H13.C13H10.C11H11.2ClH.Zr/c1-10-3-5-14-12(7-10)9-13-8-11(2)4-6-15(13)14;1-3-7-12(8-4-1)11-13-9-5-2-6-10-13;1-8-6-10-4-3-5-11(10)7-9(8)2;;;/h3-9H,1-2H3;1-10H;3-7H,1-2H3;2*1H;/q-1;;-1;;;+2/p-2. The van der Waals surface area contributed by atoms with Crippen LogP contribution in [0.1, 0.15) is 33.4 Å². The molecule has 42 heavy (non-hydrogen) atoms. The zero-order valence-corrected chi connectivity index (χ0v) is 28.4. The molecule has 0 aliphatic heterocycles. The van der Waals surface area contributed by atoms with Gasteiger partial charge < -0.3 is 0 Å². The van der Waals surface area contributed by atoms with Crippen LogP contribution in [0.5, 0.6) is 0 Å². The number of hydrogen-bond donors (Lipinski definition) is 0. The van der Waals surface area contributed by atoms with E-state index in [9.17, 15) is 0 Å². The molecule has 0 spiro atoms. The summed E-state index contributed by atoms with van der Waals surface area (Å²) in [7, 11) is 12.5. The van der Waals surface area contributed by atoms with Gasteiger partial charge in [0.05, 0.1) is 0 Å². The summed E-state index contributed by atoms with van der Waals surface area (Å²) in [4.78, 5) is 0.